The first kappa shape index (κ1) is 11.5. The van der Waals surface area contributed by atoms with Crippen LogP contribution in [0, 0.1) is 5.82 Å². The molecule has 88 valence electrons. The minimum atomic E-state index is -0.602. The second-order valence-corrected chi connectivity index (χ2v) is 3.65. The fourth-order valence-corrected chi connectivity index (χ4v) is 1.34. The molecule has 0 spiro atoms. The van der Waals surface area contributed by atoms with E-state index in [4.69, 9.17) is 4.74 Å². The predicted octanol–water partition coefficient (Wildman–Crippen LogP) is 3.07. The number of hydrogen-bond donors (Lipinski definition) is 1. The zero-order valence-electron chi connectivity index (χ0n) is 9.30. The minimum absolute atomic E-state index is 0.306. The number of ether oxygens (including phenoxy) is 1. The van der Waals surface area contributed by atoms with E-state index >= 15 is 0 Å². The van der Waals surface area contributed by atoms with Gasteiger partial charge in [0.2, 0.25) is 0 Å². The second kappa shape index (κ2) is 4.93. The minimum Gasteiger partial charge on any atom is -0.456 e. The van der Waals surface area contributed by atoms with Crippen LogP contribution >= 0.6 is 0 Å². The van der Waals surface area contributed by atoms with E-state index in [1.807, 2.05) is 0 Å². The van der Waals surface area contributed by atoms with Crippen molar-refractivity contribution in [3.63, 3.8) is 0 Å². The molecule has 3 nitrogen and oxygen atoms in total. The number of halogens is 1. The van der Waals surface area contributed by atoms with Crippen LogP contribution in [0.15, 0.2) is 42.6 Å². The Morgan fingerprint density at radius 3 is 2.29 bits per heavy atom. The molecule has 2 rings (SSSR count). The molecule has 1 heterocycles. The van der Waals surface area contributed by atoms with Gasteiger partial charge < -0.3 is 9.84 Å². The molecule has 0 amide bonds. The Hall–Kier alpha value is -1.94. The van der Waals surface area contributed by atoms with E-state index in [1.165, 1.54) is 30.5 Å². The highest BCUT2D eigenvalue weighted by Crippen LogP contribution is 2.21. The van der Waals surface area contributed by atoms with Gasteiger partial charge in [-0.25, -0.2) is 4.39 Å². The first-order valence-corrected chi connectivity index (χ1v) is 5.22. The first-order valence-electron chi connectivity index (χ1n) is 5.22. The van der Waals surface area contributed by atoms with Crippen molar-refractivity contribution in [1.29, 1.82) is 0 Å². The Kier molecular flexibility index (Phi) is 3.35. The number of hydrogen-bond acceptors (Lipinski definition) is 3. The fraction of sp³-hybridized carbons (Fsp3) is 0.154. The summed E-state index contributed by atoms with van der Waals surface area (Å²) in [6.07, 6.45) is 0.917. The molecule has 0 aliphatic rings. The Balaban J connectivity index is 2.11. The van der Waals surface area contributed by atoms with Gasteiger partial charge in [0.1, 0.15) is 17.3 Å². The molecule has 0 aliphatic heterocycles. The lowest BCUT2D eigenvalue weighted by atomic mass is 10.2. The molecule has 1 N–H and O–H groups in total. The highest BCUT2D eigenvalue weighted by Gasteiger charge is 2.03. The van der Waals surface area contributed by atoms with Gasteiger partial charge in [0, 0.05) is 0 Å². The van der Waals surface area contributed by atoms with Gasteiger partial charge in [-0.3, -0.25) is 4.98 Å². The molecule has 1 aromatic carbocycles. The molecular weight excluding hydrogens is 221 g/mol. The SMILES string of the molecule is C[C@@H](O)c1ccc(Oc2ccc(F)cc2)cn1. The van der Waals surface area contributed by atoms with Gasteiger partial charge in [-0.2, -0.15) is 0 Å². The normalized spacial score (nSPS) is 12.2. The maximum absolute atomic E-state index is 12.7. The predicted molar refractivity (Wildman–Crippen MR) is 61.3 cm³/mol. The number of rotatable bonds is 3. The van der Waals surface area contributed by atoms with E-state index in [-0.39, 0.29) is 5.82 Å². The standard InChI is InChI=1S/C13H12FNO2/c1-9(16)13-7-6-12(8-15-13)17-11-4-2-10(14)3-5-11/h2-9,16H,1H3/t9-/m1/s1. The summed E-state index contributed by atoms with van der Waals surface area (Å²) in [5.74, 6) is 0.777. The van der Waals surface area contributed by atoms with Crippen molar-refractivity contribution in [3.05, 3.63) is 54.1 Å². The van der Waals surface area contributed by atoms with Crippen LogP contribution in [0.1, 0.15) is 18.7 Å². The van der Waals surface area contributed by atoms with E-state index < -0.39 is 6.10 Å². The average Bonchev–Trinajstić information content (AvgIpc) is 2.33. The number of aliphatic hydroxyl groups is 1. The molecule has 17 heavy (non-hydrogen) atoms. The number of nitrogens with zero attached hydrogens (tertiary/aromatic N) is 1. The van der Waals surface area contributed by atoms with Crippen LogP contribution in [-0.4, -0.2) is 10.1 Å². The quantitative estimate of drug-likeness (QED) is 0.885. The van der Waals surface area contributed by atoms with Crippen molar-refractivity contribution in [3.8, 4) is 11.5 Å². The summed E-state index contributed by atoms with van der Waals surface area (Å²) in [5.41, 5.74) is 0.580. The van der Waals surface area contributed by atoms with Crippen LogP contribution in [0.5, 0.6) is 11.5 Å². The lowest BCUT2D eigenvalue weighted by molar-refractivity contribution is 0.194. The molecule has 2 aromatic rings. The second-order valence-electron chi connectivity index (χ2n) is 3.65. The number of benzene rings is 1. The van der Waals surface area contributed by atoms with Crippen LogP contribution < -0.4 is 4.74 Å². The van der Waals surface area contributed by atoms with Gasteiger partial charge in [-0.05, 0) is 43.3 Å². The van der Waals surface area contributed by atoms with Crippen LogP contribution in [0.25, 0.3) is 0 Å². The third-order valence-electron chi connectivity index (χ3n) is 2.24. The summed E-state index contributed by atoms with van der Waals surface area (Å²) in [4.78, 5) is 4.04. The van der Waals surface area contributed by atoms with E-state index in [0.717, 1.165) is 0 Å². The zero-order valence-corrected chi connectivity index (χ0v) is 9.30. The third kappa shape index (κ3) is 3.01. The molecule has 0 fully saturated rings. The summed E-state index contributed by atoms with van der Waals surface area (Å²) >= 11 is 0. The van der Waals surface area contributed by atoms with Gasteiger partial charge in [-0.1, -0.05) is 0 Å². The summed E-state index contributed by atoms with van der Waals surface area (Å²) in [6, 6.07) is 9.12. The Morgan fingerprint density at radius 1 is 1.12 bits per heavy atom. The Bertz CT molecular complexity index is 480. The van der Waals surface area contributed by atoms with Gasteiger partial charge in [0.05, 0.1) is 18.0 Å². The molecule has 1 aromatic heterocycles. The molecular formula is C13H12FNO2. The Labute approximate surface area is 98.5 Å². The molecule has 0 bridgehead atoms. The van der Waals surface area contributed by atoms with Gasteiger partial charge >= 0.3 is 0 Å². The van der Waals surface area contributed by atoms with Crippen molar-refractivity contribution in [2.45, 2.75) is 13.0 Å². The third-order valence-corrected chi connectivity index (χ3v) is 2.24. The maximum Gasteiger partial charge on any atom is 0.145 e. The number of aliphatic hydroxyl groups excluding tert-OH is 1. The smallest absolute Gasteiger partial charge is 0.145 e. The fourth-order valence-electron chi connectivity index (χ4n) is 1.34. The van der Waals surface area contributed by atoms with Crippen LogP contribution in [0.3, 0.4) is 0 Å². The van der Waals surface area contributed by atoms with Crippen molar-refractivity contribution < 1.29 is 14.2 Å². The number of aromatic nitrogens is 1. The van der Waals surface area contributed by atoms with Crippen LogP contribution in [0.4, 0.5) is 4.39 Å². The van der Waals surface area contributed by atoms with Gasteiger partial charge in [0.25, 0.3) is 0 Å². The molecule has 1 atom stereocenters. The summed E-state index contributed by atoms with van der Waals surface area (Å²) in [7, 11) is 0. The summed E-state index contributed by atoms with van der Waals surface area (Å²) < 4.78 is 18.1. The van der Waals surface area contributed by atoms with E-state index in [1.54, 1.807) is 19.1 Å². The summed E-state index contributed by atoms with van der Waals surface area (Å²) in [6.45, 7) is 1.64. The molecule has 0 radical (unpaired) electrons. The molecule has 0 saturated heterocycles. The van der Waals surface area contributed by atoms with E-state index in [9.17, 15) is 9.50 Å². The lowest BCUT2D eigenvalue weighted by Gasteiger charge is -2.07. The van der Waals surface area contributed by atoms with Crippen molar-refractivity contribution in [1.82, 2.24) is 4.98 Å². The summed E-state index contributed by atoms with van der Waals surface area (Å²) in [5, 5.41) is 9.29. The van der Waals surface area contributed by atoms with Crippen molar-refractivity contribution in [2.75, 3.05) is 0 Å². The Morgan fingerprint density at radius 2 is 1.76 bits per heavy atom. The molecule has 0 unspecified atom stereocenters. The topological polar surface area (TPSA) is 42.4 Å². The van der Waals surface area contributed by atoms with Crippen LogP contribution in [-0.2, 0) is 0 Å². The monoisotopic (exact) mass is 233 g/mol. The van der Waals surface area contributed by atoms with E-state index in [0.29, 0.717) is 17.2 Å². The number of pyridine rings is 1. The van der Waals surface area contributed by atoms with Crippen molar-refractivity contribution in [2.24, 2.45) is 0 Å². The highest BCUT2D eigenvalue weighted by molar-refractivity contribution is 5.30. The molecule has 4 heteroatoms. The maximum atomic E-state index is 12.7. The molecule has 0 saturated carbocycles. The van der Waals surface area contributed by atoms with Crippen molar-refractivity contribution >= 4 is 0 Å². The van der Waals surface area contributed by atoms with E-state index in [2.05, 4.69) is 4.98 Å². The zero-order chi connectivity index (χ0) is 12.3. The first-order chi connectivity index (χ1) is 8.15. The van der Waals surface area contributed by atoms with Crippen LogP contribution in [0.2, 0.25) is 0 Å². The lowest BCUT2D eigenvalue weighted by Crippen LogP contribution is -1.95. The average molecular weight is 233 g/mol. The largest absolute Gasteiger partial charge is 0.456 e. The van der Waals surface area contributed by atoms with Gasteiger partial charge in [0.15, 0.2) is 0 Å². The van der Waals surface area contributed by atoms with Gasteiger partial charge in [-0.15, -0.1) is 0 Å². The highest BCUT2D eigenvalue weighted by atomic mass is 19.1. The molecule has 0 aliphatic carbocycles.